The van der Waals surface area contributed by atoms with E-state index in [9.17, 15) is 14.4 Å². The summed E-state index contributed by atoms with van der Waals surface area (Å²) in [6.07, 6.45) is 7.46. The number of pyridine rings is 1. The van der Waals surface area contributed by atoms with Gasteiger partial charge in [-0.15, -0.1) is 0 Å². The van der Waals surface area contributed by atoms with Crippen LogP contribution in [0.5, 0.6) is 0 Å². The second-order valence-corrected chi connectivity index (χ2v) is 7.58. The van der Waals surface area contributed by atoms with Gasteiger partial charge in [-0.2, -0.15) is 5.10 Å². The molecule has 144 valence electrons. The van der Waals surface area contributed by atoms with Crippen LogP contribution in [0.3, 0.4) is 0 Å². The SMILES string of the molecule is Cn1nc(C2CCN(C(=O)c3ccc(=O)[nH]c3)CC2)n(C2CCCC2)c1=O. The zero-order valence-electron chi connectivity index (χ0n) is 15.6. The molecule has 8 heteroatoms. The maximum Gasteiger partial charge on any atom is 0.345 e. The number of amides is 1. The first-order valence-corrected chi connectivity index (χ1v) is 9.68. The summed E-state index contributed by atoms with van der Waals surface area (Å²) in [5.41, 5.74) is 0.252. The Morgan fingerprint density at radius 3 is 2.44 bits per heavy atom. The second-order valence-electron chi connectivity index (χ2n) is 7.58. The zero-order chi connectivity index (χ0) is 19.0. The average Bonchev–Trinajstić information content (AvgIpc) is 3.30. The van der Waals surface area contributed by atoms with Gasteiger partial charge >= 0.3 is 5.69 Å². The van der Waals surface area contributed by atoms with Crippen molar-refractivity contribution in [3.05, 3.63) is 50.6 Å². The Morgan fingerprint density at radius 1 is 1.11 bits per heavy atom. The molecular formula is C19H25N5O3. The number of aryl methyl sites for hydroxylation is 1. The number of piperidine rings is 1. The van der Waals surface area contributed by atoms with Crippen molar-refractivity contribution < 1.29 is 4.79 Å². The minimum atomic E-state index is -0.217. The molecule has 2 aromatic rings. The average molecular weight is 371 g/mol. The van der Waals surface area contributed by atoms with Crippen molar-refractivity contribution in [2.24, 2.45) is 7.05 Å². The molecule has 1 amide bonds. The molecule has 4 rings (SSSR count). The number of nitrogens with zero attached hydrogens (tertiary/aromatic N) is 4. The van der Waals surface area contributed by atoms with Crippen molar-refractivity contribution in [1.82, 2.24) is 24.2 Å². The first kappa shape index (κ1) is 17.8. The fraction of sp³-hybridized carbons (Fsp3) is 0.579. The van der Waals surface area contributed by atoms with Crippen molar-refractivity contribution >= 4 is 5.91 Å². The molecule has 8 nitrogen and oxygen atoms in total. The van der Waals surface area contributed by atoms with Crippen LogP contribution in [0.1, 0.15) is 66.7 Å². The summed E-state index contributed by atoms with van der Waals surface area (Å²) in [6.45, 7) is 1.25. The smallest absolute Gasteiger partial charge is 0.339 e. The molecule has 1 saturated heterocycles. The quantitative estimate of drug-likeness (QED) is 0.883. The van der Waals surface area contributed by atoms with E-state index in [1.807, 2.05) is 9.47 Å². The Labute approximate surface area is 156 Å². The fourth-order valence-electron chi connectivity index (χ4n) is 4.35. The number of carbonyl (C=O) groups is 1. The van der Waals surface area contributed by atoms with Crippen molar-refractivity contribution in [1.29, 1.82) is 0 Å². The molecule has 0 spiro atoms. The maximum absolute atomic E-state index is 12.6. The molecule has 0 atom stereocenters. The monoisotopic (exact) mass is 371 g/mol. The number of hydrogen-bond donors (Lipinski definition) is 1. The number of H-pyrrole nitrogens is 1. The van der Waals surface area contributed by atoms with Crippen LogP contribution in [-0.2, 0) is 7.05 Å². The van der Waals surface area contributed by atoms with E-state index >= 15 is 0 Å². The Bertz CT molecular complexity index is 922. The van der Waals surface area contributed by atoms with E-state index in [2.05, 4.69) is 10.1 Å². The van der Waals surface area contributed by atoms with Gasteiger partial charge in [0.15, 0.2) is 0 Å². The van der Waals surface area contributed by atoms with Crippen LogP contribution in [0.15, 0.2) is 27.9 Å². The van der Waals surface area contributed by atoms with Crippen LogP contribution in [0.25, 0.3) is 0 Å². The molecule has 2 aromatic heterocycles. The summed E-state index contributed by atoms with van der Waals surface area (Å²) >= 11 is 0. The zero-order valence-corrected chi connectivity index (χ0v) is 15.6. The first-order chi connectivity index (χ1) is 13.0. The summed E-state index contributed by atoms with van der Waals surface area (Å²) in [5, 5.41) is 4.54. The normalized spacial score (nSPS) is 18.9. The minimum Gasteiger partial charge on any atom is -0.339 e. The molecule has 1 aliphatic heterocycles. The van der Waals surface area contributed by atoms with Crippen LogP contribution in [0, 0.1) is 0 Å². The Hall–Kier alpha value is -2.64. The van der Waals surface area contributed by atoms with E-state index in [1.165, 1.54) is 16.9 Å². The number of carbonyl (C=O) groups excluding carboxylic acids is 1. The van der Waals surface area contributed by atoms with E-state index in [0.29, 0.717) is 18.7 Å². The molecule has 0 aromatic carbocycles. The molecule has 0 unspecified atom stereocenters. The third kappa shape index (κ3) is 3.36. The molecule has 1 N–H and O–H groups in total. The number of rotatable bonds is 3. The van der Waals surface area contributed by atoms with Crippen molar-refractivity contribution in [3.63, 3.8) is 0 Å². The van der Waals surface area contributed by atoms with E-state index in [-0.39, 0.29) is 29.1 Å². The Balaban J connectivity index is 1.49. The third-order valence-electron chi connectivity index (χ3n) is 5.85. The van der Waals surface area contributed by atoms with Crippen molar-refractivity contribution in [3.8, 4) is 0 Å². The highest BCUT2D eigenvalue weighted by Gasteiger charge is 2.31. The van der Waals surface area contributed by atoms with Gasteiger partial charge < -0.3 is 9.88 Å². The lowest BCUT2D eigenvalue weighted by atomic mass is 9.95. The minimum absolute atomic E-state index is 0.0244. The number of nitrogens with one attached hydrogen (secondary N) is 1. The van der Waals surface area contributed by atoms with Gasteiger partial charge in [-0.3, -0.25) is 14.2 Å². The van der Waals surface area contributed by atoms with Crippen molar-refractivity contribution in [2.45, 2.75) is 50.5 Å². The van der Waals surface area contributed by atoms with Gasteiger partial charge in [0.1, 0.15) is 5.82 Å². The van der Waals surface area contributed by atoms with Crippen molar-refractivity contribution in [2.75, 3.05) is 13.1 Å². The molecular weight excluding hydrogens is 346 g/mol. The van der Waals surface area contributed by atoms with Crippen LogP contribution in [-0.4, -0.2) is 43.2 Å². The summed E-state index contributed by atoms with van der Waals surface area (Å²) in [4.78, 5) is 40.7. The lowest BCUT2D eigenvalue weighted by molar-refractivity contribution is 0.0709. The molecule has 0 radical (unpaired) electrons. The van der Waals surface area contributed by atoms with Gasteiger partial charge in [0.05, 0.1) is 5.56 Å². The van der Waals surface area contributed by atoms with E-state index in [0.717, 1.165) is 44.3 Å². The molecule has 1 aliphatic carbocycles. The third-order valence-corrected chi connectivity index (χ3v) is 5.85. The summed E-state index contributed by atoms with van der Waals surface area (Å²) in [5.74, 6) is 1.00. The number of likely N-dealkylation sites (tertiary alicyclic amines) is 1. The lowest BCUT2D eigenvalue weighted by Gasteiger charge is -2.32. The molecule has 2 aliphatic rings. The van der Waals surface area contributed by atoms with E-state index < -0.39 is 0 Å². The predicted octanol–water partition coefficient (Wildman–Crippen LogP) is 1.40. The summed E-state index contributed by atoms with van der Waals surface area (Å²) in [6, 6.07) is 3.19. The topological polar surface area (TPSA) is 93.0 Å². The van der Waals surface area contributed by atoms with Gasteiger partial charge in [0, 0.05) is 44.4 Å². The lowest BCUT2D eigenvalue weighted by Crippen LogP contribution is -2.39. The Morgan fingerprint density at radius 2 is 1.81 bits per heavy atom. The number of aromatic amines is 1. The van der Waals surface area contributed by atoms with Crippen LogP contribution >= 0.6 is 0 Å². The highest BCUT2D eigenvalue weighted by molar-refractivity contribution is 5.93. The summed E-state index contributed by atoms with van der Waals surface area (Å²) < 4.78 is 3.36. The molecule has 3 heterocycles. The molecule has 27 heavy (non-hydrogen) atoms. The first-order valence-electron chi connectivity index (χ1n) is 9.68. The number of hydrogen-bond acceptors (Lipinski definition) is 4. The van der Waals surface area contributed by atoms with Gasteiger partial charge in [-0.25, -0.2) is 9.48 Å². The summed E-state index contributed by atoms with van der Waals surface area (Å²) in [7, 11) is 1.71. The molecule has 0 bridgehead atoms. The van der Waals surface area contributed by atoms with Crippen LogP contribution in [0.4, 0.5) is 0 Å². The van der Waals surface area contributed by atoms with Crippen LogP contribution in [0.2, 0.25) is 0 Å². The van der Waals surface area contributed by atoms with E-state index in [4.69, 9.17) is 0 Å². The van der Waals surface area contributed by atoms with Gasteiger partial charge in [0.25, 0.3) is 5.91 Å². The second kappa shape index (κ2) is 7.17. The standard InChI is InChI=1S/C19H25N5O3/c1-22-19(27)24(15-4-2-3-5-15)17(21-22)13-8-10-23(11-9-13)18(26)14-6-7-16(25)20-12-14/h6-7,12-13,15H,2-5,8-11H2,1H3,(H,20,25). The highest BCUT2D eigenvalue weighted by atomic mass is 16.2. The highest BCUT2D eigenvalue weighted by Crippen LogP contribution is 2.33. The van der Waals surface area contributed by atoms with Crippen LogP contribution < -0.4 is 11.2 Å². The molecule has 1 saturated carbocycles. The maximum atomic E-state index is 12.6. The van der Waals surface area contributed by atoms with E-state index in [1.54, 1.807) is 13.1 Å². The van der Waals surface area contributed by atoms with Gasteiger partial charge in [-0.05, 0) is 31.7 Å². The largest absolute Gasteiger partial charge is 0.345 e. The van der Waals surface area contributed by atoms with Gasteiger partial charge in [0.2, 0.25) is 5.56 Å². The Kier molecular flexibility index (Phi) is 4.72. The number of aromatic nitrogens is 4. The molecule has 2 fully saturated rings. The predicted molar refractivity (Wildman–Crippen MR) is 99.9 cm³/mol. The van der Waals surface area contributed by atoms with Gasteiger partial charge in [-0.1, -0.05) is 12.8 Å². The fourth-order valence-corrected chi connectivity index (χ4v) is 4.35.